The molecule has 1 aromatic heterocycles. The highest BCUT2D eigenvalue weighted by Crippen LogP contribution is 2.39. The predicted molar refractivity (Wildman–Crippen MR) is 93.3 cm³/mol. The van der Waals surface area contributed by atoms with Crippen LogP contribution in [0.4, 0.5) is 0 Å². The van der Waals surface area contributed by atoms with Crippen molar-refractivity contribution in [2.24, 2.45) is 0 Å². The van der Waals surface area contributed by atoms with E-state index >= 15 is 0 Å². The standard InChI is InChI=1S/C18H15N3O6/c1-2-18(23)25-6-5-24-11-3-4-12-13(7-11)20-21(19-12)14-8-16-17(9-15(14)22)27-10-26-16/h2-4,7-9,22H,1,5-6,10H2. The summed E-state index contributed by atoms with van der Waals surface area (Å²) in [6.07, 6.45) is 1.09. The molecule has 138 valence electrons. The Hall–Kier alpha value is -3.75. The van der Waals surface area contributed by atoms with Crippen molar-refractivity contribution in [2.75, 3.05) is 20.0 Å². The van der Waals surface area contributed by atoms with Gasteiger partial charge in [-0.15, -0.1) is 15.0 Å². The first-order chi connectivity index (χ1) is 13.1. The summed E-state index contributed by atoms with van der Waals surface area (Å²) in [6, 6.07) is 8.26. The van der Waals surface area contributed by atoms with Gasteiger partial charge in [0.25, 0.3) is 0 Å². The first-order valence-corrected chi connectivity index (χ1v) is 8.06. The molecule has 0 amide bonds. The third kappa shape index (κ3) is 3.34. The molecule has 27 heavy (non-hydrogen) atoms. The van der Waals surface area contributed by atoms with E-state index in [1.54, 1.807) is 24.3 Å². The van der Waals surface area contributed by atoms with Gasteiger partial charge in [-0.05, 0) is 12.1 Å². The highest BCUT2D eigenvalue weighted by molar-refractivity contribution is 5.81. The van der Waals surface area contributed by atoms with Crippen LogP contribution in [0.5, 0.6) is 23.0 Å². The Labute approximate surface area is 153 Å². The van der Waals surface area contributed by atoms with E-state index in [0.29, 0.717) is 34.0 Å². The molecule has 0 fully saturated rings. The van der Waals surface area contributed by atoms with Crippen molar-refractivity contribution >= 4 is 17.0 Å². The molecule has 4 rings (SSSR count). The summed E-state index contributed by atoms with van der Waals surface area (Å²) in [5, 5.41) is 18.9. The number of phenols is 1. The van der Waals surface area contributed by atoms with E-state index in [9.17, 15) is 9.90 Å². The number of benzene rings is 2. The Morgan fingerprint density at radius 3 is 2.78 bits per heavy atom. The Balaban J connectivity index is 1.53. The maximum absolute atomic E-state index is 11.0. The number of carbonyl (C=O) groups excluding carboxylic acids is 1. The lowest BCUT2D eigenvalue weighted by Gasteiger charge is -2.05. The lowest BCUT2D eigenvalue weighted by atomic mass is 10.2. The van der Waals surface area contributed by atoms with Gasteiger partial charge in [0.2, 0.25) is 6.79 Å². The molecule has 9 heteroatoms. The minimum absolute atomic E-state index is 0.0277. The molecule has 3 aromatic rings. The highest BCUT2D eigenvalue weighted by atomic mass is 16.7. The fourth-order valence-electron chi connectivity index (χ4n) is 2.53. The normalized spacial score (nSPS) is 12.1. The van der Waals surface area contributed by atoms with Crippen LogP contribution in [0.2, 0.25) is 0 Å². The summed E-state index contributed by atoms with van der Waals surface area (Å²) in [6.45, 7) is 3.73. The van der Waals surface area contributed by atoms with Crippen molar-refractivity contribution in [3.8, 4) is 28.7 Å². The average molecular weight is 369 g/mol. The predicted octanol–water partition coefficient (Wildman–Crippen LogP) is 1.96. The molecule has 1 aliphatic heterocycles. The largest absolute Gasteiger partial charge is 0.505 e. The average Bonchev–Trinajstić information content (AvgIpc) is 3.29. The third-order valence-corrected chi connectivity index (χ3v) is 3.80. The third-order valence-electron chi connectivity index (χ3n) is 3.80. The van der Waals surface area contributed by atoms with Crippen molar-refractivity contribution in [2.45, 2.75) is 0 Å². The van der Waals surface area contributed by atoms with Gasteiger partial charge in [0, 0.05) is 24.3 Å². The molecule has 2 heterocycles. The number of aromatic hydroxyl groups is 1. The number of fused-ring (bicyclic) bond motifs is 2. The molecule has 1 aliphatic rings. The molecule has 0 saturated heterocycles. The van der Waals surface area contributed by atoms with Crippen LogP contribution >= 0.6 is 0 Å². The van der Waals surface area contributed by atoms with Gasteiger partial charge in [-0.2, -0.15) is 0 Å². The molecule has 0 saturated carbocycles. The molecule has 1 N–H and O–H groups in total. The Morgan fingerprint density at radius 1 is 1.19 bits per heavy atom. The molecule has 0 radical (unpaired) electrons. The van der Waals surface area contributed by atoms with E-state index in [0.717, 1.165) is 6.08 Å². The zero-order valence-corrected chi connectivity index (χ0v) is 14.1. The van der Waals surface area contributed by atoms with Crippen LogP contribution in [0.3, 0.4) is 0 Å². The fourth-order valence-corrected chi connectivity index (χ4v) is 2.53. The van der Waals surface area contributed by atoms with Crippen LogP contribution in [0, 0.1) is 0 Å². The van der Waals surface area contributed by atoms with E-state index in [4.69, 9.17) is 18.9 Å². The van der Waals surface area contributed by atoms with Gasteiger partial charge >= 0.3 is 5.97 Å². The van der Waals surface area contributed by atoms with E-state index in [1.807, 2.05) is 0 Å². The quantitative estimate of drug-likeness (QED) is 0.399. The van der Waals surface area contributed by atoms with E-state index in [2.05, 4.69) is 16.8 Å². The summed E-state index contributed by atoms with van der Waals surface area (Å²) in [5.74, 6) is 1.02. The van der Waals surface area contributed by atoms with Gasteiger partial charge in [-0.3, -0.25) is 0 Å². The maximum Gasteiger partial charge on any atom is 0.330 e. The molecule has 0 spiro atoms. The molecule has 0 atom stereocenters. The van der Waals surface area contributed by atoms with Crippen LogP contribution < -0.4 is 14.2 Å². The van der Waals surface area contributed by atoms with Crippen LogP contribution in [-0.2, 0) is 9.53 Å². The van der Waals surface area contributed by atoms with Gasteiger partial charge in [-0.1, -0.05) is 6.58 Å². The van der Waals surface area contributed by atoms with Crippen molar-refractivity contribution in [3.05, 3.63) is 43.0 Å². The van der Waals surface area contributed by atoms with Gasteiger partial charge in [0.1, 0.15) is 41.4 Å². The maximum atomic E-state index is 11.0. The number of hydrogen-bond donors (Lipinski definition) is 1. The van der Waals surface area contributed by atoms with Crippen molar-refractivity contribution in [1.29, 1.82) is 0 Å². The smallest absolute Gasteiger partial charge is 0.330 e. The first-order valence-electron chi connectivity index (χ1n) is 8.06. The minimum Gasteiger partial charge on any atom is -0.505 e. The van der Waals surface area contributed by atoms with E-state index < -0.39 is 5.97 Å². The summed E-state index contributed by atoms with van der Waals surface area (Å²) in [5.41, 5.74) is 1.57. The summed E-state index contributed by atoms with van der Waals surface area (Å²) >= 11 is 0. The molecule has 0 unspecified atom stereocenters. The second-order valence-corrected chi connectivity index (χ2v) is 5.55. The van der Waals surface area contributed by atoms with Crippen LogP contribution in [0.1, 0.15) is 0 Å². The topological polar surface area (TPSA) is 105 Å². The number of ether oxygens (including phenoxy) is 4. The number of carbonyl (C=O) groups is 1. The molecule has 0 aliphatic carbocycles. The zero-order valence-electron chi connectivity index (χ0n) is 14.1. The van der Waals surface area contributed by atoms with E-state index in [1.165, 1.54) is 10.9 Å². The SMILES string of the molecule is C=CC(=O)OCCOc1ccc2nn(-c3cc4c(cc3O)OCO4)nc2c1. The van der Waals surface area contributed by atoms with Crippen LogP contribution in [0.15, 0.2) is 43.0 Å². The minimum atomic E-state index is -0.500. The number of esters is 1. The summed E-state index contributed by atoms with van der Waals surface area (Å²) in [4.78, 5) is 12.3. The summed E-state index contributed by atoms with van der Waals surface area (Å²) in [7, 11) is 0. The second kappa shape index (κ2) is 6.87. The fraction of sp³-hybridized carbons (Fsp3) is 0.167. The molecular formula is C18H15N3O6. The van der Waals surface area contributed by atoms with Crippen molar-refractivity contribution in [1.82, 2.24) is 15.0 Å². The monoisotopic (exact) mass is 369 g/mol. The van der Waals surface area contributed by atoms with Gasteiger partial charge in [0.05, 0.1) is 0 Å². The Kier molecular flexibility index (Phi) is 4.25. The van der Waals surface area contributed by atoms with Crippen LogP contribution in [-0.4, -0.2) is 46.1 Å². The zero-order chi connectivity index (χ0) is 18.8. The lowest BCUT2D eigenvalue weighted by molar-refractivity contribution is -0.138. The molecule has 9 nitrogen and oxygen atoms in total. The van der Waals surface area contributed by atoms with Crippen LogP contribution in [0.25, 0.3) is 16.7 Å². The number of rotatable bonds is 6. The van der Waals surface area contributed by atoms with Crippen molar-refractivity contribution in [3.63, 3.8) is 0 Å². The summed E-state index contributed by atoms with van der Waals surface area (Å²) < 4.78 is 20.9. The number of hydrogen-bond acceptors (Lipinski definition) is 8. The van der Waals surface area contributed by atoms with Gasteiger partial charge in [-0.25, -0.2) is 4.79 Å². The Morgan fingerprint density at radius 2 is 1.96 bits per heavy atom. The number of phenolic OH excluding ortho intramolecular Hbond substituents is 1. The molecule has 2 aromatic carbocycles. The van der Waals surface area contributed by atoms with Gasteiger partial charge in [0.15, 0.2) is 11.5 Å². The Bertz CT molecular complexity index is 1030. The lowest BCUT2D eigenvalue weighted by Crippen LogP contribution is -2.10. The second-order valence-electron chi connectivity index (χ2n) is 5.55. The van der Waals surface area contributed by atoms with E-state index in [-0.39, 0.29) is 25.8 Å². The first kappa shape index (κ1) is 16.7. The van der Waals surface area contributed by atoms with Crippen molar-refractivity contribution < 1.29 is 28.8 Å². The molecule has 0 bridgehead atoms. The number of nitrogens with zero attached hydrogens (tertiary/aromatic N) is 3. The molecular weight excluding hydrogens is 354 g/mol. The highest BCUT2D eigenvalue weighted by Gasteiger charge is 2.19. The number of aromatic nitrogens is 3. The van der Waals surface area contributed by atoms with Gasteiger partial charge < -0.3 is 24.1 Å².